The molecule has 4 atom stereocenters. The Balaban J connectivity index is 2.10. The molecule has 1 aliphatic rings. The lowest BCUT2D eigenvalue weighted by atomic mass is 10.0. The fourth-order valence-electron chi connectivity index (χ4n) is 3.96. The number of imidazole rings is 1. The molecule has 2 heterocycles. The molecule has 0 radical (unpaired) electrons. The first kappa shape index (κ1) is 26.3. The quantitative estimate of drug-likeness (QED) is 0.307. The van der Waals surface area contributed by atoms with Crippen LogP contribution < -0.4 is 16.4 Å². The van der Waals surface area contributed by atoms with Gasteiger partial charge in [-0.3, -0.25) is 14.4 Å². The van der Waals surface area contributed by atoms with Crippen LogP contribution in [0.4, 0.5) is 0 Å². The number of H-pyrrole nitrogens is 1. The van der Waals surface area contributed by atoms with E-state index in [9.17, 15) is 24.3 Å². The summed E-state index contributed by atoms with van der Waals surface area (Å²) >= 11 is 0. The average molecular weight is 465 g/mol. The van der Waals surface area contributed by atoms with E-state index < -0.39 is 42.0 Å². The van der Waals surface area contributed by atoms with Crippen LogP contribution in [0.15, 0.2) is 12.5 Å². The van der Waals surface area contributed by atoms with Crippen LogP contribution in [-0.2, 0) is 25.6 Å². The van der Waals surface area contributed by atoms with Gasteiger partial charge in [-0.15, -0.1) is 0 Å². The van der Waals surface area contributed by atoms with Gasteiger partial charge in [-0.2, -0.15) is 0 Å². The van der Waals surface area contributed by atoms with E-state index in [4.69, 9.17) is 5.73 Å². The second kappa shape index (κ2) is 11.8. The summed E-state index contributed by atoms with van der Waals surface area (Å²) in [4.78, 5) is 58.7. The van der Waals surface area contributed by atoms with Crippen LogP contribution in [0, 0.1) is 11.8 Å². The molecule has 0 saturated carbocycles. The van der Waals surface area contributed by atoms with Crippen LogP contribution in [0.2, 0.25) is 0 Å². The van der Waals surface area contributed by atoms with Crippen molar-refractivity contribution in [1.82, 2.24) is 25.5 Å². The molecule has 2 rings (SSSR count). The Labute approximate surface area is 193 Å². The maximum atomic E-state index is 13.4. The summed E-state index contributed by atoms with van der Waals surface area (Å²) in [5.74, 6) is -2.64. The van der Waals surface area contributed by atoms with Crippen molar-refractivity contribution in [2.24, 2.45) is 17.6 Å². The smallest absolute Gasteiger partial charge is 0.326 e. The number of aliphatic carboxylic acids is 1. The predicted molar refractivity (Wildman–Crippen MR) is 121 cm³/mol. The number of carboxylic acid groups (broad SMARTS) is 1. The molecule has 184 valence electrons. The summed E-state index contributed by atoms with van der Waals surface area (Å²) in [5.41, 5.74) is 6.73. The van der Waals surface area contributed by atoms with Gasteiger partial charge in [0.15, 0.2) is 0 Å². The minimum atomic E-state index is -1.12. The number of rotatable bonds is 11. The standard InChI is InChI=1S/C22H36N6O5/c1-12(2)8-16(26-19(29)15(23)9-14-10-24-11-25-14)21(31)28-7-5-6-17(28)20(30)27-18(13(3)4)22(32)33/h10-13,15-18H,5-9,23H2,1-4H3,(H,24,25)(H,26,29)(H,27,30)(H,32,33). The van der Waals surface area contributed by atoms with E-state index in [1.54, 1.807) is 20.0 Å². The molecule has 1 aromatic rings. The van der Waals surface area contributed by atoms with Crippen LogP contribution in [0.25, 0.3) is 0 Å². The summed E-state index contributed by atoms with van der Waals surface area (Å²) in [6, 6.07) is -3.52. The highest BCUT2D eigenvalue weighted by atomic mass is 16.4. The van der Waals surface area contributed by atoms with Gasteiger partial charge in [-0.1, -0.05) is 27.7 Å². The summed E-state index contributed by atoms with van der Waals surface area (Å²) in [6.07, 6.45) is 4.76. The van der Waals surface area contributed by atoms with Crippen molar-refractivity contribution in [1.29, 1.82) is 0 Å². The first-order valence-corrected chi connectivity index (χ1v) is 11.4. The Bertz CT molecular complexity index is 825. The number of nitrogens with zero attached hydrogens (tertiary/aromatic N) is 2. The number of hydrogen-bond acceptors (Lipinski definition) is 6. The molecule has 3 amide bonds. The molecule has 1 aliphatic heterocycles. The number of amides is 3. The number of aromatic nitrogens is 2. The van der Waals surface area contributed by atoms with Crippen LogP contribution >= 0.6 is 0 Å². The molecule has 33 heavy (non-hydrogen) atoms. The van der Waals surface area contributed by atoms with Gasteiger partial charge in [0.25, 0.3) is 0 Å². The lowest BCUT2D eigenvalue weighted by Gasteiger charge is -2.31. The van der Waals surface area contributed by atoms with E-state index in [1.165, 1.54) is 11.2 Å². The highest BCUT2D eigenvalue weighted by Crippen LogP contribution is 2.21. The number of carbonyl (C=O) groups excluding carboxylic acids is 3. The van der Waals surface area contributed by atoms with E-state index in [1.807, 2.05) is 13.8 Å². The average Bonchev–Trinajstić information content (AvgIpc) is 3.41. The van der Waals surface area contributed by atoms with Crippen LogP contribution in [0.1, 0.15) is 52.7 Å². The summed E-state index contributed by atoms with van der Waals surface area (Å²) in [7, 11) is 0. The third-order valence-corrected chi connectivity index (χ3v) is 5.72. The number of aromatic amines is 1. The zero-order valence-electron chi connectivity index (χ0n) is 19.7. The van der Waals surface area contributed by atoms with E-state index in [2.05, 4.69) is 20.6 Å². The number of carboxylic acids is 1. The molecule has 11 heteroatoms. The minimum absolute atomic E-state index is 0.107. The highest BCUT2D eigenvalue weighted by Gasteiger charge is 2.39. The van der Waals surface area contributed by atoms with Crippen molar-refractivity contribution >= 4 is 23.7 Å². The Morgan fingerprint density at radius 2 is 1.94 bits per heavy atom. The first-order valence-electron chi connectivity index (χ1n) is 11.4. The third-order valence-electron chi connectivity index (χ3n) is 5.72. The lowest BCUT2D eigenvalue weighted by Crippen LogP contribution is -2.57. The first-order chi connectivity index (χ1) is 15.5. The largest absolute Gasteiger partial charge is 0.480 e. The minimum Gasteiger partial charge on any atom is -0.480 e. The SMILES string of the molecule is CC(C)CC(NC(=O)C(N)Cc1cnc[nH]1)C(=O)N1CCCC1C(=O)NC(C(=O)O)C(C)C. The normalized spacial score (nSPS) is 18.8. The molecular weight excluding hydrogens is 428 g/mol. The molecule has 0 spiro atoms. The van der Waals surface area contributed by atoms with Gasteiger partial charge in [0.2, 0.25) is 17.7 Å². The second-order valence-electron chi connectivity index (χ2n) is 9.34. The molecule has 4 unspecified atom stereocenters. The molecule has 1 saturated heterocycles. The lowest BCUT2D eigenvalue weighted by molar-refractivity contribution is -0.146. The molecule has 1 fully saturated rings. The zero-order chi connectivity index (χ0) is 24.7. The van der Waals surface area contributed by atoms with Gasteiger partial charge in [-0.05, 0) is 31.1 Å². The van der Waals surface area contributed by atoms with E-state index in [0.717, 1.165) is 0 Å². The molecule has 11 nitrogen and oxygen atoms in total. The Kier molecular flexibility index (Phi) is 9.39. The fraction of sp³-hybridized carbons (Fsp3) is 0.682. The second-order valence-corrected chi connectivity index (χ2v) is 9.34. The van der Waals surface area contributed by atoms with Gasteiger partial charge in [0.05, 0.1) is 12.4 Å². The van der Waals surface area contributed by atoms with Crippen molar-refractivity contribution in [2.75, 3.05) is 6.54 Å². The van der Waals surface area contributed by atoms with Gasteiger partial charge in [0, 0.05) is 24.9 Å². The Morgan fingerprint density at radius 3 is 2.48 bits per heavy atom. The molecule has 0 bridgehead atoms. The van der Waals surface area contributed by atoms with Gasteiger partial charge in [0.1, 0.15) is 18.1 Å². The summed E-state index contributed by atoms with van der Waals surface area (Å²) in [5, 5.41) is 14.7. The highest BCUT2D eigenvalue weighted by molar-refractivity contribution is 5.94. The Hall–Kier alpha value is -2.95. The third kappa shape index (κ3) is 7.28. The molecular formula is C22H36N6O5. The van der Waals surface area contributed by atoms with E-state index in [0.29, 0.717) is 31.5 Å². The molecule has 0 aromatic carbocycles. The Morgan fingerprint density at radius 1 is 1.24 bits per heavy atom. The number of nitrogens with two attached hydrogens (primary N) is 1. The number of carbonyl (C=O) groups is 4. The molecule has 0 aliphatic carbocycles. The van der Waals surface area contributed by atoms with Crippen LogP contribution in [-0.4, -0.2) is 74.4 Å². The van der Waals surface area contributed by atoms with Crippen molar-refractivity contribution in [2.45, 2.75) is 77.5 Å². The van der Waals surface area contributed by atoms with Crippen LogP contribution in [0.3, 0.4) is 0 Å². The number of nitrogens with one attached hydrogen (secondary N) is 3. The summed E-state index contributed by atoms with van der Waals surface area (Å²) in [6.45, 7) is 7.64. The van der Waals surface area contributed by atoms with Crippen molar-refractivity contribution < 1.29 is 24.3 Å². The zero-order valence-corrected chi connectivity index (χ0v) is 19.7. The monoisotopic (exact) mass is 464 g/mol. The number of hydrogen-bond donors (Lipinski definition) is 5. The van der Waals surface area contributed by atoms with Crippen molar-refractivity contribution in [3.63, 3.8) is 0 Å². The van der Waals surface area contributed by atoms with Gasteiger partial charge in [-0.25, -0.2) is 9.78 Å². The van der Waals surface area contributed by atoms with E-state index in [-0.39, 0.29) is 24.2 Å². The van der Waals surface area contributed by atoms with Crippen molar-refractivity contribution in [3.8, 4) is 0 Å². The van der Waals surface area contributed by atoms with Gasteiger partial charge >= 0.3 is 5.97 Å². The maximum Gasteiger partial charge on any atom is 0.326 e. The molecule has 6 N–H and O–H groups in total. The van der Waals surface area contributed by atoms with Crippen molar-refractivity contribution in [3.05, 3.63) is 18.2 Å². The van der Waals surface area contributed by atoms with E-state index >= 15 is 0 Å². The molecule has 1 aromatic heterocycles. The summed E-state index contributed by atoms with van der Waals surface area (Å²) < 4.78 is 0. The maximum absolute atomic E-state index is 13.4. The number of likely N-dealkylation sites (tertiary alicyclic amines) is 1. The van der Waals surface area contributed by atoms with Gasteiger partial charge < -0.3 is 31.4 Å². The topological polar surface area (TPSA) is 171 Å². The fourth-order valence-corrected chi connectivity index (χ4v) is 3.96. The van der Waals surface area contributed by atoms with Crippen LogP contribution in [0.5, 0.6) is 0 Å². The predicted octanol–water partition coefficient (Wildman–Crippen LogP) is 0.0268.